The first-order valence-corrected chi connectivity index (χ1v) is 8.95. The number of likely N-dealkylation sites (N-methyl/N-ethyl adjacent to an activating group) is 1. The molecule has 18 heavy (non-hydrogen) atoms. The Kier molecular flexibility index (Phi) is 5.62. The highest BCUT2D eigenvalue weighted by atomic mass is 32.2. The van der Waals surface area contributed by atoms with Gasteiger partial charge in [0.15, 0.2) is 0 Å². The molecule has 0 heterocycles. The van der Waals surface area contributed by atoms with E-state index < -0.39 is 9.84 Å². The molecule has 0 aromatic carbocycles. The van der Waals surface area contributed by atoms with Crippen molar-refractivity contribution in [3.05, 3.63) is 0 Å². The van der Waals surface area contributed by atoms with Crippen LogP contribution in [0.3, 0.4) is 0 Å². The minimum Gasteiger partial charge on any atom is -0.326 e. The first kappa shape index (κ1) is 15.9. The highest BCUT2D eigenvalue weighted by Gasteiger charge is 2.38. The van der Waals surface area contributed by atoms with Crippen molar-refractivity contribution in [2.75, 3.05) is 26.1 Å². The Morgan fingerprint density at radius 3 is 2.06 bits per heavy atom. The molecule has 5 heteroatoms. The monoisotopic (exact) mass is 276 g/mol. The molecule has 0 amide bonds. The molecule has 2 N–H and O–H groups in total. The summed E-state index contributed by atoms with van der Waals surface area (Å²) in [6.07, 6.45) is 8.97. The standard InChI is InChI=1S/C13H28N2O2S/c1-15(2)13(9-6-4-5-7-10-13)12(14)8-11-18(3,16)17/h12H,4-11,14H2,1-3H3. The van der Waals surface area contributed by atoms with Gasteiger partial charge in [0.05, 0.1) is 5.75 Å². The quantitative estimate of drug-likeness (QED) is 0.771. The van der Waals surface area contributed by atoms with Gasteiger partial charge < -0.3 is 10.6 Å². The van der Waals surface area contributed by atoms with Gasteiger partial charge in [0, 0.05) is 17.8 Å². The van der Waals surface area contributed by atoms with Gasteiger partial charge in [-0.1, -0.05) is 25.7 Å². The van der Waals surface area contributed by atoms with Crippen molar-refractivity contribution in [1.29, 1.82) is 0 Å². The molecule has 108 valence electrons. The SMILES string of the molecule is CN(C)C1(C(N)CCS(C)(=O)=O)CCCCCC1. The lowest BCUT2D eigenvalue weighted by atomic mass is 9.80. The zero-order valence-corrected chi connectivity index (χ0v) is 12.8. The maximum Gasteiger partial charge on any atom is 0.147 e. The molecule has 0 radical (unpaired) electrons. The highest BCUT2D eigenvalue weighted by molar-refractivity contribution is 7.90. The van der Waals surface area contributed by atoms with Crippen LogP contribution in [0.4, 0.5) is 0 Å². The largest absolute Gasteiger partial charge is 0.326 e. The second-order valence-electron chi connectivity index (χ2n) is 5.94. The summed E-state index contributed by atoms with van der Waals surface area (Å²) in [7, 11) is 1.23. The summed E-state index contributed by atoms with van der Waals surface area (Å²) >= 11 is 0. The van der Waals surface area contributed by atoms with Gasteiger partial charge in [-0.15, -0.1) is 0 Å². The van der Waals surface area contributed by atoms with Crippen LogP contribution in [0, 0.1) is 0 Å². The average Bonchev–Trinajstić information content (AvgIpc) is 2.51. The zero-order valence-electron chi connectivity index (χ0n) is 12.0. The van der Waals surface area contributed by atoms with Crippen LogP contribution in [0.25, 0.3) is 0 Å². The first-order chi connectivity index (χ1) is 8.28. The van der Waals surface area contributed by atoms with Crippen molar-refractivity contribution in [3.63, 3.8) is 0 Å². The predicted octanol–water partition coefficient (Wildman–Crippen LogP) is 1.40. The first-order valence-electron chi connectivity index (χ1n) is 6.89. The number of nitrogens with two attached hydrogens (primary N) is 1. The van der Waals surface area contributed by atoms with E-state index in [1.165, 1.54) is 31.9 Å². The molecule has 0 saturated heterocycles. The van der Waals surface area contributed by atoms with Crippen LogP contribution in [-0.4, -0.2) is 51.0 Å². The average molecular weight is 276 g/mol. The predicted molar refractivity (Wildman–Crippen MR) is 76.4 cm³/mol. The fourth-order valence-corrected chi connectivity index (χ4v) is 3.78. The maximum atomic E-state index is 11.3. The van der Waals surface area contributed by atoms with Gasteiger partial charge in [0.2, 0.25) is 0 Å². The van der Waals surface area contributed by atoms with E-state index in [2.05, 4.69) is 19.0 Å². The summed E-state index contributed by atoms with van der Waals surface area (Å²) in [5.74, 6) is 0.198. The van der Waals surface area contributed by atoms with Crippen molar-refractivity contribution in [3.8, 4) is 0 Å². The molecular weight excluding hydrogens is 248 g/mol. The third kappa shape index (κ3) is 4.21. The van der Waals surface area contributed by atoms with Crippen LogP contribution in [-0.2, 0) is 9.84 Å². The number of sulfone groups is 1. The van der Waals surface area contributed by atoms with E-state index in [-0.39, 0.29) is 17.3 Å². The minimum absolute atomic E-state index is 0.0127. The van der Waals surface area contributed by atoms with E-state index in [1.807, 2.05) is 0 Å². The molecule has 0 spiro atoms. The molecule has 1 unspecified atom stereocenters. The summed E-state index contributed by atoms with van der Waals surface area (Å²) in [5, 5.41) is 0. The Hall–Kier alpha value is -0.130. The summed E-state index contributed by atoms with van der Waals surface area (Å²) in [6.45, 7) is 0. The molecule has 0 bridgehead atoms. The van der Waals surface area contributed by atoms with Crippen LogP contribution in [0.1, 0.15) is 44.9 Å². The second-order valence-corrected chi connectivity index (χ2v) is 8.20. The van der Waals surface area contributed by atoms with Gasteiger partial charge in [-0.2, -0.15) is 0 Å². The molecule has 0 aromatic heterocycles. The number of hydrogen-bond donors (Lipinski definition) is 1. The number of rotatable bonds is 5. The molecular formula is C13H28N2O2S. The lowest BCUT2D eigenvalue weighted by Crippen LogP contribution is -2.57. The van der Waals surface area contributed by atoms with Crippen molar-refractivity contribution >= 4 is 9.84 Å². The van der Waals surface area contributed by atoms with E-state index in [1.54, 1.807) is 0 Å². The number of hydrogen-bond acceptors (Lipinski definition) is 4. The zero-order chi connectivity index (χ0) is 13.8. The van der Waals surface area contributed by atoms with E-state index in [0.717, 1.165) is 12.8 Å². The fraction of sp³-hybridized carbons (Fsp3) is 1.00. The molecule has 0 aromatic rings. The second kappa shape index (κ2) is 6.35. The maximum absolute atomic E-state index is 11.3. The van der Waals surface area contributed by atoms with Gasteiger partial charge in [-0.25, -0.2) is 8.42 Å². The smallest absolute Gasteiger partial charge is 0.147 e. The lowest BCUT2D eigenvalue weighted by molar-refractivity contribution is 0.0955. The van der Waals surface area contributed by atoms with Crippen molar-refractivity contribution in [1.82, 2.24) is 4.90 Å². The van der Waals surface area contributed by atoms with Gasteiger partial charge in [0.1, 0.15) is 9.84 Å². The summed E-state index contributed by atoms with van der Waals surface area (Å²) in [6, 6.07) is -0.0553. The van der Waals surface area contributed by atoms with Gasteiger partial charge in [0.25, 0.3) is 0 Å². The highest BCUT2D eigenvalue weighted by Crippen LogP contribution is 2.34. The van der Waals surface area contributed by atoms with Gasteiger partial charge in [-0.3, -0.25) is 0 Å². The van der Waals surface area contributed by atoms with E-state index in [4.69, 9.17) is 5.73 Å². The molecule has 1 atom stereocenters. The van der Waals surface area contributed by atoms with Crippen molar-refractivity contribution < 1.29 is 8.42 Å². The van der Waals surface area contributed by atoms with Gasteiger partial charge in [-0.05, 0) is 33.4 Å². The van der Waals surface area contributed by atoms with E-state index in [0.29, 0.717) is 6.42 Å². The molecule has 1 fully saturated rings. The van der Waals surface area contributed by atoms with E-state index >= 15 is 0 Å². The van der Waals surface area contributed by atoms with Crippen molar-refractivity contribution in [2.45, 2.75) is 56.5 Å². The molecule has 1 saturated carbocycles. The number of nitrogens with zero attached hydrogens (tertiary/aromatic N) is 1. The molecule has 0 aliphatic heterocycles. The molecule has 1 rings (SSSR count). The van der Waals surface area contributed by atoms with E-state index in [9.17, 15) is 8.42 Å². The molecule has 1 aliphatic rings. The van der Waals surface area contributed by atoms with Crippen molar-refractivity contribution in [2.24, 2.45) is 5.73 Å². The Bertz CT molecular complexity index is 344. The topological polar surface area (TPSA) is 63.4 Å². The lowest BCUT2D eigenvalue weighted by Gasteiger charge is -2.44. The third-order valence-corrected chi connectivity index (χ3v) is 5.33. The van der Waals surface area contributed by atoms with Crippen LogP contribution in [0.2, 0.25) is 0 Å². The van der Waals surface area contributed by atoms with Crippen LogP contribution in [0.15, 0.2) is 0 Å². The van der Waals surface area contributed by atoms with Gasteiger partial charge >= 0.3 is 0 Å². The Morgan fingerprint density at radius 1 is 1.17 bits per heavy atom. The fourth-order valence-electron chi connectivity index (χ4n) is 3.10. The van der Waals surface area contributed by atoms with Crippen LogP contribution >= 0.6 is 0 Å². The Balaban J connectivity index is 2.76. The minimum atomic E-state index is -2.92. The summed E-state index contributed by atoms with van der Waals surface area (Å²) < 4.78 is 22.6. The van der Waals surface area contributed by atoms with Crippen LogP contribution in [0.5, 0.6) is 0 Å². The van der Waals surface area contributed by atoms with Crippen LogP contribution < -0.4 is 5.73 Å². The Labute approximate surface area is 112 Å². The normalized spacial score (nSPS) is 22.7. The molecule has 4 nitrogen and oxygen atoms in total. The molecule has 1 aliphatic carbocycles. The Morgan fingerprint density at radius 2 is 1.67 bits per heavy atom. The third-order valence-electron chi connectivity index (χ3n) is 4.35. The summed E-state index contributed by atoms with van der Waals surface area (Å²) in [4.78, 5) is 2.23. The summed E-state index contributed by atoms with van der Waals surface area (Å²) in [5.41, 5.74) is 6.34.